The molecule has 0 radical (unpaired) electrons. The van der Waals surface area contributed by atoms with Crippen molar-refractivity contribution in [2.24, 2.45) is 0 Å². The average Bonchev–Trinajstić information content (AvgIpc) is 3.07. The SMILES string of the molecule is COc1ccc(N2CCCC2=O)cc1S(=O)(=O)Nc1ccc(N(C)C)cc1. The van der Waals surface area contributed by atoms with E-state index in [0.717, 1.165) is 12.1 Å². The molecule has 1 N–H and O–H groups in total. The number of amides is 1. The minimum absolute atomic E-state index is 0.00103. The number of rotatable bonds is 6. The fourth-order valence-corrected chi connectivity index (χ4v) is 4.25. The van der Waals surface area contributed by atoms with Crippen LogP contribution in [0.3, 0.4) is 0 Å². The van der Waals surface area contributed by atoms with Crippen LogP contribution in [0.4, 0.5) is 17.1 Å². The van der Waals surface area contributed by atoms with Gasteiger partial charge in [-0.3, -0.25) is 9.52 Å². The third-order valence-corrected chi connectivity index (χ3v) is 5.86. The van der Waals surface area contributed by atoms with Gasteiger partial charge in [0.05, 0.1) is 7.11 Å². The number of sulfonamides is 1. The first-order valence-corrected chi connectivity index (χ1v) is 10.1. The zero-order chi connectivity index (χ0) is 19.6. The van der Waals surface area contributed by atoms with Crippen molar-refractivity contribution < 1.29 is 17.9 Å². The first-order valence-electron chi connectivity index (χ1n) is 8.60. The molecular weight excluding hydrogens is 366 g/mol. The van der Waals surface area contributed by atoms with Crippen LogP contribution in [0.15, 0.2) is 47.4 Å². The highest BCUT2D eigenvalue weighted by atomic mass is 32.2. The Morgan fingerprint density at radius 1 is 1.11 bits per heavy atom. The number of nitrogens with one attached hydrogen (secondary N) is 1. The van der Waals surface area contributed by atoms with Gasteiger partial charge in [-0.2, -0.15) is 0 Å². The Kier molecular flexibility index (Phi) is 5.27. The molecule has 144 valence electrons. The Bertz CT molecular complexity index is 940. The van der Waals surface area contributed by atoms with Gasteiger partial charge >= 0.3 is 0 Å². The van der Waals surface area contributed by atoms with Crippen LogP contribution in [0, 0.1) is 0 Å². The number of benzene rings is 2. The van der Waals surface area contributed by atoms with Crippen LogP contribution >= 0.6 is 0 Å². The Balaban J connectivity index is 1.93. The molecule has 0 unspecified atom stereocenters. The van der Waals surface area contributed by atoms with E-state index < -0.39 is 10.0 Å². The zero-order valence-corrected chi connectivity index (χ0v) is 16.4. The lowest BCUT2D eigenvalue weighted by Gasteiger charge is -2.19. The van der Waals surface area contributed by atoms with Crippen molar-refractivity contribution in [3.63, 3.8) is 0 Å². The smallest absolute Gasteiger partial charge is 0.265 e. The number of carbonyl (C=O) groups is 1. The van der Waals surface area contributed by atoms with E-state index in [1.807, 2.05) is 31.1 Å². The highest BCUT2D eigenvalue weighted by Crippen LogP contribution is 2.32. The second kappa shape index (κ2) is 7.48. The summed E-state index contributed by atoms with van der Waals surface area (Å²) in [7, 11) is 1.36. The Hall–Kier alpha value is -2.74. The number of carbonyl (C=O) groups excluding carboxylic acids is 1. The maximum absolute atomic E-state index is 12.9. The maximum Gasteiger partial charge on any atom is 0.265 e. The molecular formula is C19H23N3O4S. The summed E-state index contributed by atoms with van der Waals surface area (Å²) < 4.78 is 33.7. The number of methoxy groups -OCH3 is 1. The zero-order valence-electron chi connectivity index (χ0n) is 15.6. The Labute approximate surface area is 159 Å². The van der Waals surface area contributed by atoms with Crippen LogP contribution in [0.1, 0.15) is 12.8 Å². The second-order valence-electron chi connectivity index (χ2n) is 6.53. The second-order valence-corrected chi connectivity index (χ2v) is 8.18. The van der Waals surface area contributed by atoms with Crippen LogP contribution in [0.5, 0.6) is 5.75 Å². The van der Waals surface area contributed by atoms with Crippen LogP contribution < -0.4 is 19.3 Å². The summed E-state index contributed by atoms with van der Waals surface area (Å²) in [6.07, 6.45) is 1.24. The van der Waals surface area contributed by atoms with Crippen LogP contribution in [0.2, 0.25) is 0 Å². The largest absolute Gasteiger partial charge is 0.495 e. The Morgan fingerprint density at radius 2 is 1.81 bits per heavy atom. The number of hydrogen-bond donors (Lipinski definition) is 1. The van der Waals surface area contributed by atoms with Gasteiger partial charge in [-0.1, -0.05) is 0 Å². The van der Waals surface area contributed by atoms with Gasteiger partial charge < -0.3 is 14.5 Å². The lowest BCUT2D eigenvalue weighted by molar-refractivity contribution is -0.117. The van der Waals surface area contributed by atoms with Crippen LogP contribution in [0.25, 0.3) is 0 Å². The standard InChI is InChI=1S/C19H23N3O4S/c1-21(2)15-8-6-14(7-9-15)20-27(24,25)18-13-16(10-11-17(18)26-3)22-12-4-5-19(22)23/h6-11,13,20H,4-5,12H2,1-3H3. The minimum atomic E-state index is -3.89. The number of ether oxygens (including phenoxy) is 1. The minimum Gasteiger partial charge on any atom is -0.495 e. The topological polar surface area (TPSA) is 78.9 Å². The van der Waals surface area contributed by atoms with E-state index in [0.29, 0.717) is 24.3 Å². The predicted octanol–water partition coefficient (Wildman–Crippen LogP) is 2.69. The molecule has 1 aliphatic rings. The van der Waals surface area contributed by atoms with Gasteiger partial charge in [-0.25, -0.2) is 8.42 Å². The normalized spacial score (nSPS) is 14.3. The van der Waals surface area contributed by atoms with E-state index in [1.54, 1.807) is 29.2 Å². The van der Waals surface area contributed by atoms with Gasteiger partial charge in [-0.15, -0.1) is 0 Å². The molecule has 1 saturated heterocycles. The fraction of sp³-hybridized carbons (Fsp3) is 0.316. The average molecular weight is 389 g/mol. The molecule has 0 aromatic heterocycles. The molecule has 1 amide bonds. The summed E-state index contributed by atoms with van der Waals surface area (Å²) in [6.45, 7) is 0.587. The van der Waals surface area contributed by atoms with Crippen molar-refractivity contribution in [3.8, 4) is 5.75 Å². The Morgan fingerprint density at radius 3 is 2.37 bits per heavy atom. The monoisotopic (exact) mass is 389 g/mol. The van der Waals surface area contributed by atoms with Crippen molar-refractivity contribution in [3.05, 3.63) is 42.5 Å². The summed E-state index contributed by atoms with van der Waals surface area (Å²) in [5.74, 6) is 0.221. The van der Waals surface area contributed by atoms with E-state index in [1.165, 1.54) is 13.2 Å². The van der Waals surface area contributed by atoms with E-state index in [9.17, 15) is 13.2 Å². The maximum atomic E-state index is 12.9. The predicted molar refractivity (Wildman–Crippen MR) is 106 cm³/mol. The molecule has 0 aliphatic carbocycles. The molecule has 1 aliphatic heterocycles. The van der Waals surface area contributed by atoms with E-state index in [-0.39, 0.29) is 16.6 Å². The van der Waals surface area contributed by atoms with Crippen molar-refractivity contribution in [1.29, 1.82) is 0 Å². The lowest BCUT2D eigenvalue weighted by atomic mass is 10.3. The molecule has 0 atom stereocenters. The molecule has 2 aromatic carbocycles. The number of hydrogen-bond acceptors (Lipinski definition) is 5. The van der Waals surface area contributed by atoms with Gasteiger partial charge in [0, 0.05) is 44.1 Å². The van der Waals surface area contributed by atoms with Crippen LogP contribution in [-0.2, 0) is 14.8 Å². The van der Waals surface area contributed by atoms with Crippen LogP contribution in [-0.4, -0.2) is 42.1 Å². The highest BCUT2D eigenvalue weighted by Gasteiger charge is 2.26. The fourth-order valence-electron chi connectivity index (χ4n) is 3.00. The third kappa shape index (κ3) is 4.00. The van der Waals surface area contributed by atoms with Gasteiger partial charge in [0.1, 0.15) is 10.6 Å². The quantitative estimate of drug-likeness (QED) is 0.822. The molecule has 2 aromatic rings. The third-order valence-electron chi connectivity index (χ3n) is 4.46. The highest BCUT2D eigenvalue weighted by molar-refractivity contribution is 7.92. The molecule has 0 spiro atoms. The summed E-state index contributed by atoms with van der Waals surface area (Å²) >= 11 is 0. The summed E-state index contributed by atoms with van der Waals surface area (Å²) in [5.41, 5.74) is 1.97. The molecule has 7 nitrogen and oxygen atoms in total. The first kappa shape index (κ1) is 19.0. The van der Waals surface area contributed by atoms with E-state index in [4.69, 9.17) is 4.74 Å². The lowest BCUT2D eigenvalue weighted by Crippen LogP contribution is -2.24. The molecule has 1 heterocycles. The van der Waals surface area contributed by atoms with E-state index in [2.05, 4.69) is 4.72 Å². The molecule has 1 fully saturated rings. The summed E-state index contributed by atoms with van der Waals surface area (Å²) in [4.78, 5) is 15.5. The van der Waals surface area contributed by atoms with E-state index >= 15 is 0 Å². The van der Waals surface area contributed by atoms with Crippen molar-refractivity contribution >= 4 is 33.0 Å². The number of nitrogens with zero attached hydrogens (tertiary/aromatic N) is 2. The van der Waals surface area contributed by atoms with Crippen molar-refractivity contribution in [2.75, 3.05) is 42.3 Å². The molecule has 3 rings (SSSR count). The van der Waals surface area contributed by atoms with Gasteiger partial charge in [-0.05, 0) is 48.9 Å². The molecule has 0 bridgehead atoms. The summed E-state index contributed by atoms with van der Waals surface area (Å²) in [5, 5.41) is 0. The van der Waals surface area contributed by atoms with Crippen molar-refractivity contribution in [2.45, 2.75) is 17.7 Å². The molecule has 8 heteroatoms. The first-order chi connectivity index (χ1) is 12.8. The van der Waals surface area contributed by atoms with Gasteiger partial charge in [0.2, 0.25) is 5.91 Å². The molecule has 0 saturated carbocycles. The van der Waals surface area contributed by atoms with Gasteiger partial charge in [0.15, 0.2) is 0 Å². The molecule has 27 heavy (non-hydrogen) atoms. The van der Waals surface area contributed by atoms with Gasteiger partial charge in [0.25, 0.3) is 10.0 Å². The summed E-state index contributed by atoms with van der Waals surface area (Å²) in [6, 6.07) is 11.8. The number of anilines is 3. The van der Waals surface area contributed by atoms with Crippen molar-refractivity contribution in [1.82, 2.24) is 0 Å².